The first-order valence-corrected chi connectivity index (χ1v) is 4.61. The molecule has 0 bridgehead atoms. The summed E-state index contributed by atoms with van der Waals surface area (Å²) in [6.07, 6.45) is 4.70. The average Bonchev–Trinajstić information content (AvgIpc) is 2.63. The standard InChI is InChI=1S/C12H14O/c1-2-6-11(7-3-1)10-13-12-8-4-5-9-12/h1-4,6-8,12H,5,9-10H2/t12-/m1/s1/i9D/t9-,12-. The van der Waals surface area contributed by atoms with Crippen molar-refractivity contribution in [3.8, 4) is 0 Å². The molecule has 0 fully saturated rings. The normalized spacial score (nSPS) is 27.5. The number of ether oxygens (including phenoxy) is 1. The van der Waals surface area contributed by atoms with Crippen molar-refractivity contribution in [3.63, 3.8) is 0 Å². The summed E-state index contributed by atoms with van der Waals surface area (Å²) in [6.45, 7) is 0.602. The van der Waals surface area contributed by atoms with E-state index < -0.39 is 0 Å². The monoisotopic (exact) mass is 175 g/mol. The molecule has 0 unspecified atom stereocenters. The zero-order valence-corrected chi connectivity index (χ0v) is 7.52. The van der Waals surface area contributed by atoms with Gasteiger partial charge in [0.2, 0.25) is 0 Å². The molecule has 0 spiro atoms. The predicted molar refractivity (Wildman–Crippen MR) is 53.4 cm³/mol. The Morgan fingerprint density at radius 2 is 2.23 bits per heavy atom. The molecule has 0 saturated carbocycles. The van der Waals surface area contributed by atoms with E-state index in [9.17, 15) is 0 Å². The first-order valence-electron chi connectivity index (χ1n) is 5.18. The highest BCUT2D eigenvalue weighted by atomic mass is 16.5. The highest BCUT2D eigenvalue weighted by Crippen LogP contribution is 2.14. The van der Waals surface area contributed by atoms with Gasteiger partial charge in [-0.25, -0.2) is 0 Å². The molecule has 1 aromatic rings. The second kappa shape index (κ2) is 4.24. The summed E-state index contributed by atoms with van der Waals surface area (Å²) in [7, 11) is 0. The first kappa shape index (κ1) is 7.34. The molecule has 0 radical (unpaired) electrons. The van der Waals surface area contributed by atoms with Crippen molar-refractivity contribution < 1.29 is 6.11 Å². The van der Waals surface area contributed by atoms with Crippen LogP contribution in [0, 0.1) is 0 Å². The van der Waals surface area contributed by atoms with Crippen LogP contribution >= 0.6 is 0 Å². The Morgan fingerprint density at radius 3 is 2.92 bits per heavy atom. The molecule has 2 rings (SSSR count). The quantitative estimate of drug-likeness (QED) is 0.642. The smallest absolute Gasteiger partial charge is 0.0763 e. The van der Waals surface area contributed by atoms with Crippen molar-refractivity contribution in [1.29, 1.82) is 0 Å². The number of allylic oxidation sites excluding steroid dienone is 1. The van der Waals surface area contributed by atoms with Crippen LogP contribution in [0.2, 0.25) is 0 Å². The second-order valence-electron chi connectivity index (χ2n) is 3.16. The molecule has 0 aliphatic heterocycles. The van der Waals surface area contributed by atoms with Gasteiger partial charge in [0.1, 0.15) is 0 Å². The summed E-state index contributed by atoms with van der Waals surface area (Å²) in [5.41, 5.74) is 1.17. The Labute approximate surface area is 80.4 Å². The van der Waals surface area contributed by atoms with Crippen LogP contribution < -0.4 is 0 Å². The molecular formula is C12H14O. The van der Waals surface area contributed by atoms with Gasteiger partial charge in [0.25, 0.3) is 0 Å². The van der Waals surface area contributed by atoms with Gasteiger partial charge in [-0.1, -0.05) is 42.5 Å². The van der Waals surface area contributed by atoms with E-state index in [4.69, 9.17) is 6.11 Å². The minimum absolute atomic E-state index is 0.0183. The van der Waals surface area contributed by atoms with Crippen LogP contribution in [0.5, 0.6) is 0 Å². The maximum Gasteiger partial charge on any atom is 0.0763 e. The summed E-state index contributed by atoms with van der Waals surface area (Å²) >= 11 is 0. The van der Waals surface area contributed by atoms with Crippen LogP contribution in [-0.4, -0.2) is 6.10 Å². The van der Waals surface area contributed by atoms with Gasteiger partial charge in [-0.05, 0) is 18.4 Å². The highest BCUT2D eigenvalue weighted by Gasteiger charge is 2.08. The second-order valence-corrected chi connectivity index (χ2v) is 3.16. The van der Waals surface area contributed by atoms with Gasteiger partial charge < -0.3 is 4.74 Å². The third-order valence-corrected chi connectivity index (χ3v) is 2.12. The van der Waals surface area contributed by atoms with Crippen LogP contribution in [-0.2, 0) is 11.3 Å². The van der Waals surface area contributed by atoms with E-state index in [-0.39, 0.29) is 12.5 Å². The summed E-state index contributed by atoms with van der Waals surface area (Å²) < 4.78 is 13.3. The van der Waals surface area contributed by atoms with E-state index in [1.165, 1.54) is 5.56 Å². The molecule has 2 atom stereocenters. The predicted octanol–water partition coefficient (Wildman–Crippen LogP) is 2.92. The maximum absolute atomic E-state index is 7.67. The molecule has 0 saturated heterocycles. The van der Waals surface area contributed by atoms with Crippen molar-refractivity contribution in [2.24, 2.45) is 0 Å². The minimum atomic E-state index is -0.112. The molecule has 0 heterocycles. The fraction of sp³-hybridized carbons (Fsp3) is 0.333. The Hall–Kier alpha value is -1.08. The van der Waals surface area contributed by atoms with E-state index in [0.29, 0.717) is 6.61 Å². The number of hydrogen-bond donors (Lipinski definition) is 0. The van der Waals surface area contributed by atoms with E-state index in [2.05, 4.69) is 0 Å². The fourth-order valence-electron chi connectivity index (χ4n) is 1.39. The lowest BCUT2D eigenvalue weighted by molar-refractivity contribution is 0.0721. The van der Waals surface area contributed by atoms with E-state index in [1.54, 1.807) is 0 Å². The summed E-state index contributed by atoms with van der Waals surface area (Å²) in [5.74, 6) is 0. The van der Waals surface area contributed by atoms with Gasteiger partial charge in [0.05, 0.1) is 12.7 Å². The molecule has 1 aromatic carbocycles. The Kier molecular flexibility index (Phi) is 2.39. The van der Waals surface area contributed by atoms with Gasteiger partial charge in [-0.2, -0.15) is 0 Å². The molecule has 1 heteroatoms. The van der Waals surface area contributed by atoms with Crippen LogP contribution in [0.25, 0.3) is 0 Å². The Bertz CT molecular complexity index is 307. The Morgan fingerprint density at radius 1 is 1.38 bits per heavy atom. The largest absolute Gasteiger partial charge is 0.369 e. The van der Waals surface area contributed by atoms with Gasteiger partial charge >= 0.3 is 0 Å². The lowest BCUT2D eigenvalue weighted by Gasteiger charge is -2.09. The van der Waals surface area contributed by atoms with Gasteiger partial charge in [-0.15, -0.1) is 0 Å². The molecule has 68 valence electrons. The number of benzene rings is 1. The highest BCUT2D eigenvalue weighted by molar-refractivity contribution is 5.13. The van der Waals surface area contributed by atoms with Crippen molar-refractivity contribution >= 4 is 0 Å². The third kappa shape index (κ3) is 2.43. The van der Waals surface area contributed by atoms with E-state index >= 15 is 0 Å². The fourth-order valence-corrected chi connectivity index (χ4v) is 1.39. The minimum Gasteiger partial charge on any atom is -0.369 e. The number of rotatable bonds is 3. The summed E-state index contributed by atoms with van der Waals surface area (Å²) in [5, 5.41) is 0. The van der Waals surface area contributed by atoms with E-state index in [1.807, 2.05) is 42.5 Å². The molecule has 1 aliphatic carbocycles. The van der Waals surface area contributed by atoms with Gasteiger partial charge in [0, 0.05) is 1.37 Å². The molecule has 0 amide bonds. The van der Waals surface area contributed by atoms with Crippen molar-refractivity contribution in [3.05, 3.63) is 48.0 Å². The Balaban J connectivity index is 1.86. The molecule has 0 N–H and O–H groups in total. The molecule has 1 nitrogen and oxygen atoms in total. The van der Waals surface area contributed by atoms with Crippen molar-refractivity contribution in [2.75, 3.05) is 0 Å². The van der Waals surface area contributed by atoms with Crippen LogP contribution in [0.1, 0.15) is 19.8 Å². The van der Waals surface area contributed by atoms with Crippen LogP contribution in [0.4, 0.5) is 0 Å². The first-order chi connectivity index (χ1) is 6.86. The topological polar surface area (TPSA) is 9.23 Å². The van der Waals surface area contributed by atoms with Crippen LogP contribution in [0.3, 0.4) is 0 Å². The summed E-state index contributed by atoms with van der Waals surface area (Å²) in [4.78, 5) is 0. The van der Waals surface area contributed by atoms with Crippen molar-refractivity contribution in [1.82, 2.24) is 0 Å². The molecular weight excluding hydrogens is 160 g/mol. The third-order valence-electron chi connectivity index (χ3n) is 2.12. The average molecular weight is 175 g/mol. The SMILES string of the molecule is [2H][C@@H]1CC=C[C@H]1OCc1ccccc1. The van der Waals surface area contributed by atoms with Crippen LogP contribution in [0.15, 0.2) is 42.5 Å². The van der Waals surface area contributed by atoms with Crippen molar-refractivity contribution in [2.45, 2.75) is 25.5 Å². The summed E-state index contributed by atoms with van der Waals surface area (Å²) in [6, 6.07) is 10.1. The van der Waals surface area contributed by atoms with Gasteiger partial charge in [0.15, 0.2) is 0 Å². The number of hydrogen-bond acceptors (Lipinski definition) is 1. The lowest BCUT2D eigenvalue weighted by atomic mass is 10.2. The molecule has 0 aromatic heterocycles. The zero-order chi connectivity index (χ0) is 9.80. The molecule has 13 heavy (non-hydrogen) atoms. The maximum atomic E-state index is 7.67. The zero-order valence-electron chi connectivity index (χ0n) is 8.52. The lowest BCUT2D eigenvalue weighted by Crippen LogP contribution is -2.05. The molecule has 1 aliphatic rings. The van der Waals surface area contributed by atoms with E-state index in [0.717, 1.165) is 6.42 Å². The van der Waals surface area contributed by atoms with Gasteiger partial charge in [-0.3, -0.25) is 0 Å².